The molecule has 0 unspecified atom stereocenters. The third-order valence-electron chi connectivity index (χ3n) is 1.51. The molecule has 1 rings (SSSR count). The van der Waals surface area contributed by atoms with Crippen molar-refractivity contribution >= 4 is 5.97 Å². The summed E-state index contributed by atoms with van der Waals surface area (Å²) in [5, 5.41) is 0. The molecule has 5 heteroatoms. The quantitative estimate of drug-likeness (QED) is 0.671. The number of halogens is 1. The summed E-state index contributed by atoms with van der Waals surface area (Å²) < 4.78 is 16.9. The number of carbonyl (C=O) groups is 1. The largest absolute Gasteiger partial charge is 0.469 e. The number of aromatic amines is 1. The predicted molar refractivity (Wildman–Crippen MR) is 42.7 cm³/mol. The molecule has 0 aromatic carbocycles. The fourth-order valence-electron chi connectivity index (χ4n) is 0.860. The van der Waals surface area contributed by atoms with Crippen molar-refractivity contribution in [1.29, 1.82) is 0 Å². The molecular weight excluding hydrogens is 177 g/mol. The Morgan fingerprint density at radius 3 is 3.00 bits per heavy atom. The van der Waals surface area contributed by atoms with Crippen LogP contribution in [0.15, 0.2) is 17.1 Å². The first-order chi connectivity index (χ1) is 6.13. The first-order valence-corrected chi connectivity index (χ1v) is 3.57. The lowest BCUT2D eigenvalue weighted by Crippen LogP contribution is -2.17. The Morgan fingerprint density at radius 2 is 2.38 bits per heavy atom. The van der Waals surface area contributed by atoms with Crippen LogP contribution in [0.4, 0.5) is 4.39 Å². The van der Waals surface area contributed by atoms with E-state index in [1.54, 1.807) is 0 Å². The number of esters is 1. The van der Waals surface area contributed by atoms with E-state index >= 15 is 0 Å². The zero-order valence-electron chi connectivity index (χ0n) is 6.96. The van der Waals surface area contributed by atoms with Crippen LogP contribution >= 0.6 is 0 Å². The Kier molecular flexibility index (Phi) is 2.79. The van der Waals surface area contributed by atoms with Crippen LogP contribution in [0.25, 0.3) is 0 Å². The number of rotatable bonds is 2. The molecule has 13 heavy (non-hydrogen) atoms. The standard InChI is InChI=1S/C8H8FNO3/c1-13-7(11)3-5-2-6(9)4-10-8(5)12/h2,4H,3H2,1H3,(H,10,12). The molecule has 0 fully saturated rings. The molecule has 1 N–H and O–H groups in total. The topological polar surface area (TPSA) is 59.2 Å². The van der Waals surface area contributed by atoms with Gasteiger partial charge in [-0.15, -0.1) is 0 Å². The van der Waals surface area contributed by atoms with Crippen LogP contribution < -0.4 is 5.56 Å². The summed E-state index contributed by atoms with van der Waals surface area (Å²) in [6.45, 7) is 0. The number of carbonyl (C=O) groups excluding carboxylic acids is 1. The van der Waals surface area contributed by atoms with Crippen molar-refractivity contribution in [2.24, 2.45) is 0 Å². The van der Waals surface area contributed by atoms with E-state index in [1.165, 1.54) is 7.11 Å². The molecule has 0 saturated heterocycles. The Hall–Kier alpha value is -1.65. The van der Waals surface area contributed by atoms with Gasteiger partial charge in [-0.25, -0.2) is 4.39 Å². The normalized spacial score (nSPS) is 9.69. The number of hydrogen-bond donors (Lipinski definition) is 1. The number of methoxy groups -OCH3 is 1. The number of H-pyrrole nitrogens is 1. The lowest BCUT2D eigenvalue weighted by atomic mass is 10.2. The Labute approximate surface area is 73.3 Å². The molecular formula is C8H8FNO3. The minimum atomic E-state index is -0.585. The minimum Gasteiger partial charge on any atom is -0.469 e. The van der Waals surface area contributed by atoms with E-state index < -0.39 is 17.3 Å². The van der Waals surface area contributed by atoms with Crippen LogP contribution in [-0.2, 0) is 16.0 Å². The highest BCUT2D eigenvalue weighted by Crippen LogP contribution is 1.97. The Balaban J connectivity index is 2.94. The first-order valence-electron chi connectivity index (χ1n) is 3.57. The second kappa shape index (κ2) is 3.84. The highest BCUT2D eigenvalue weighted by Gasteiger charge is 2.07. The van der Waals surface area contributed by atoms with E-state index in [9.17, 15) is 14.0 Å². The third-order valence-corrected chi connectivity index (χ3v) is 1.51. The fourth-order valence-corrected chi connectivity index (χ4v) is 0.860. The van der Waals surface area contributed by atoms with Crippen LogP contribution in [0, 0.1) is 5.82 Å². The van der Waals surface area contributed by atoms with Crippen LogP contribution in [0.2, 0.25) is 0 Å². The summed E-state index contributed by atoms with van der Waals surface area (Å²) >= 11 is 0. The van der Waals surface area contributed by atoms with Gasteiger partial charge < -0.3 is 9.72 Å². The van der Waals surface area contributed by atoms with Gasteiger partial charge in [0, 0.05) is 11.8 Å². The number of hydrogen-bond acceptors (Lipinski definition) is 3. The molecule has 0 bridgehead atoms. The molecule has 0 amide bonds. The highest BCUT2D eigenvalue weighted by molar-refractivity contribution is 5.72. The van der Waals surface area contributed by atoms with Crippen LogP contribution in [-0.4, -0.2) is 18.1 Å². The highest BCUT2D eigenvalue weighted by atomic mass is 19.1. The number of pyridine rings is 1. The molecule has 70 valence electrons. The second-order valence-electron chi connectivity index (χ2n) is 2.43. The Morgan fingerprint density at radius 1 is 1.69 bits per heavy atom. The maximum atomic E-state index is 12.6. The van der Waals surface area contributed by atoms with Gasteiger partial charge in [0.1, 0.15) is 5.82 Å². The fraction of sp³-hybridized carbons (Fsp3) is 0.250. The number of ether oxygens (including phenoxy) is 1. The molecule has 1 aromatic heterocycles. The average molecular weight is 185 g/mol. The predicted octanol–water partition coefficient (Wildman–Crippen LogP) is 0.229. The van der Waals surface area contributed by atoms with Crippen LogP contribution in [0.3, 0.4) is 0 Å². The summed E-state index contributed by atoms with van der Waals surface area (Å²) in [6, 6.07) is 1.01. The lowest BCUT2D eigenvalue weighted by Gasteiger charge is -1.98. The maximum absolute atomic E-state index is 12.6. The summed E-state index contributed by atoms with van der Waals surface area (Å²) in [5.41, 5.74) is -0.418. The summed E-state index contributed by atoms with van der Waals surface area (Å²) in [5.74, 6) is -1.16. The van der Waals surface area contributed by atoms with Crippen molar-refractivity contribution in [2.45, 2.75) is 6.42 Å². The van der Waals surface area contributed by atoms with Gasteiger partial charge in [0.15, 0.2) is 0 Å². The van der Waals surface area contributed by atoms with Gasteiger partial charge in [0.25, 0.3) is 5.56 Å². The van der Waals surface area contributed by atoms with Crippen molar-refractivity contribution < 1.29 is 13.9 Å². The van der Waals surface area contributed by atoms with Gasteiger partial charge in [-0.1, -0.05) is 0 Å². The van der Waals surface area contributed by atoms with E-state index in [4.69, 9.17) is 0 Å². The molecule has 0 radical (unpaired) electrons. The van der Waals surface area contributed by atoms with Gasteiger partial charge in [0.05, 0.1) is 13.5 Å². The van der Waals surface area contributed by atoms with Crippen LogP contribution in [0.5, 0.6) is 0 Å². The summed E-state index contributed by atoms with van der Waals surface area (Å²) in [4.78, 5) is 23.9. The first kappa shape index (κ1) is 9.44. The Bertz CT molecular complexity index is 372. The zero-order chi connectivity index (χ0) is 9.84. The molecule has 1 heterocycles. The second-order valence-corrected chi connectivity index (χ2v) is 2.43. The van der Waals surface area contributed by atoms with Gasteiger partial charge in [-0.2, -0.15) is 0 Å². The van der Waals surface area contributed by atoms with E-state index in [0.29, 0.717) is 0 Å². The summed E-state index contributed by atoms with van der Waals surface area (Å²) in [6.07, 6.45) is 0.715. The minimum absolute atomic E-state index is 0.0619. The van der Waals surface area contributed by atoms with Gasteiger partial charge in [-0.3, -0.25) is 9.59 Å². The smallest absolute Gasteiger partial charge is 0.310 e. The molecule has 0 spiro atoms. The van der Waals surface area contributed by atoms with E-state index in [0.717, 1.165) is 12.3 Å². The SMILES string of the molecule is COC(=O)Cc1cc(F)c[nH]c1=O. The van der Waals surface area contributed by atoms with E-state index in [2.05, 4.69) is 9.72 Å². The monoisotopic (exact) mass is 185 g/mol. The molecule has 0 aliphatic carbocycles. The molecule has 4 nitrogen and oxygen atoms in total. The lowest BCUT2D eigenvalue weighted by molar-refractivity contribution is -0.139. The van der Waals surface area contributed by atoms with Crippen molar-refractivity contribution in [1.82, 2.24) is 4.98 Å². The average Bonchev–Trinajstić information content (AvgIpc) is 2.11. The summed E-state index contributed by atoms with van der Waals surface area (Å²) in [7, 11) is 1.20. The van der Waals surface area contributed by atoms with Crippen molar-refractivity contribution in [3.63, 3.8) is 0 Å². The van der Waals surface area contributed by atoms with E-state index in [-0.39, 0.29) is 12.0 Å². The zero-order valence-corrected chi connectivity index (χ0v) is 6.96. The molecule has 0 atom stereocenters. The van der Waals surface area contributed by atoms with Crippen molar-refractivity contribution in [3.05, 3.63) is 34.0 Å². The van der Waals surface area contributed by atoms with E-state index in [1.807, 2.05) is 0 Å². The molecule has 0 aliphatic rings. The van der Waals surface area contributed by atoms with Gasteiger partial charge in [0.2, 0.25) is 0 Å². The van der Waals surface area contributed by atoms with Gasteiger partial charge in [-0.05, 0) is 6.07 Å². The molecule has 0 aliphatic heterocycles. The van der Waals surface area contributed by atoms with Gasteiger partial charge >= 0.3 is 5.97 Å². The maximum Gasteiger partial charge on any atom is 0.310 e. The molecule has 1 aromatic rings. The third kappa shape index (κ3) is 2.40. The van der Waals surface area contributed by atoms with Crippen molar-refractivity contribution in [2.75, 3.05) is 7.11 Å². The van der Waals surface area contributed by atoms with Crippen LogP contribution in [0.1, 0.15) is 5.56 Å². The number of aromatic nitrogens is 1. The molecule has 0 saturated carbocycles. The number of nitrogens with one attached hydrogen (secondary N) is 1. The van der Waals surface area contributed by atoms with Crippen molar-refractivity contribution in [3.8, 4) is 0 Å².